The number of carbonyl (C=O) groups excluding carboxylic acids is 2. The standard InChI is InChI=1S/C16H31N3O2/c1-6-12(3)14-16(21)19(11-9-8-10-18(4)5)13(7-2)15(20)17-14/h12-14H,6-11H2,1-5H3,(H,17,20). The van der Waals surface area contributed by atoms with E-state index in [-0.39, 0.29) is 29.8 Å². The van der Waals surface area contributed by atoms with E-state index in [2.05, 4.69) is 17.1 Å². The summed E-state index contributed by atoms with van der Waals surface area (Å²) in [7, 11) is 4.10. The van der Waals surface area contributed by atoms with Gasteiger partial charge in [-0.2, -0.15) is 0 Å². The largest absolute Gasteiger partial charge is 0.342 e. The van der Waals surface area contributed by atoms with Crippen LogP contribution in [0.15, 0.2) is 0 Å². The van der Waals surface area contributed by atoms with Crippen LogP contribution in [-0.4, -0.2) is 60.9 Å². The molecule has 0 aromatic carbocycles. The number of amides is 2. The van der Waals surface area contributed by atoms with Crippen LogP contribution in [-0.2, 0) is 9.59 Å². The van der Waals surface area contributed by atoms with Gasteiger partial charge in [0.25, 0.3) is 0 Å². The van der Waals surface area contributed by atoms with Gasteiger partial charge in [0.15, 0.2) is 0 Å². The van der Waals surface area contributed by atoms with Gasteiger partial charge in [-0.1, -0.05) is 27.2 Å². The maximum atomic E-state index is 12.7. The lowest BCUT2D eigenvalue weighted by Gasteiger charge is -2.40. The smallest absolute Gasteiger partial charge is 0.246 e. The van der Waals surface area contributed by atoms with Gasteiger partial charge >= 0.3 is 0 Å². The van der Waals surface area contributed by atoms with Crippen molar-refractivity contribution in [3.05, 3.63) is 0 Å². The molecule has 5 nitrogen and oxygen atoms in total. The fraction of sp³-hybridized carbons (Fsp3) is 0.875. The minimum absolute atomic E-state index is 0.00927. The number of carbonyl (C=O) groups is 2. The fourth-order valence-electron chi connectivity index (χ4n) is 2.79. The van der Waals surface area contributed by atoms with E-state index in [4.69, 9.17) is 0 Å². The minimum Gasteiger partial charge on any atom is -0.342 e. The second-order valence-corrected chi connectivity index (χ2v) is 6.34. The quantitative estimate of drug-likeness (QED) is 0.691. The van der Waals surface area contributed by atoms with Crippen LogP contribution in [0, 0.1) is 5.92 Å². The number of unbranched alkanes of at least 4 members (excludes halogenated alkanes) is 1. The second-order valence-electron chi connectivity index (χ2n) is 6.34. The molecule has 1 rings (SSSR count). The van der Waals surface area contributed by atoms with Gasteiger partial charge in [-0.25, -0.2) is 0 Å². The van der Waals surface area contributed by atoms with Gasteiger partial charge in [0.1, 0.15) is 12.1 Å². The van der Waals surface area contributed by atoms with Gasteiger partial charge in [-0.15, -0.1) is 0 Å². The van der Waals surface area contributed by atoms with Gasteiger partial charge < -0.3 is 15.1 Å². The number of rotatable bonds is 8. The molecule has 3 unspecified atom stereocenters. The summed E-state index contributed by atoms with van der Waals surface area (Å²) < 4.78 is 0. The van der Waals surface area contributed by atoms with Crippen molar-refractivity contribution in [3.8, 4) is 0 Å². The van der Waals surface area contributed by atoms with E-state index >= 15 is 0 Å². The normalized spacial score (nSPS) is 24.4. The highest BCUT2D eigenvalue weighted by Gasteiger charge is 2.40. The van der Waals surface area contributed by atoms with Crippen molar-refractivity contribution in [2.75, 3.05) is 27.2 Å². The van der Waals surface area contributed by atoms with Crippen molar-refractivity contribution in [1.29, 1.82) is 0 Å². The van der Waals surface area contributed by atoms with Gasteiger partial charge in [0.2, 0.25) is 11.8 Å². The maximum Gasteiger partial charge on any atom is 0.246 e. The molecule has 0 aromatic heterocycles. The molecule has 5 heteroatoms. The predicted molar refractivity (Wildman–Crippen MR) is 85.0 cm³/mol. The monoisotopic (exact) mass is 297 g/mol. The number of hydrogen-bond acceptors (Lipinski definition) is 3. The Bertz CT molecular complexity index is 357. The Morgan fingerprint density at radius 2 is 1.90 bits per heavy atom. The Hall–Kier alpha value is -1.10. The van der Waals surface area contributed by atoms with Crippen LogP contribution in [0.25, 0.3) is 0 Å². The number of hydrogen-bond donors (Lipinski definition) is 1. The molecule has 2 amide bonds. The van der Waals surface area contributed by atoms with E-state index in [0.29, 0.717) is 13.0 Å². The molecular formula is C16H31N3O2. The number of piperazine rings is 1. The van der Waals surface area contributed by atoms with Gasteiger partial charge in [-0.3, -0.25) is 9.59 Å². The highest BCUT2D eigenvalue weighted by Crippen LogP contribution is 2.20. The topological polar surface area (TPSA) is 52.7 Å². The summed E-state index contributed by atoms with van der Waals surface area (Å²) in [6.45, 7) is 7.75. The van der Waals surface area contributed by atoms with Crippen LogP contribution in [0.3, 0.4) is 0 Å². The van der Waals surface area contributed by atoms with Crippen molar-refractivity contribution >= 4 is 11.8 Å². The fourth-order valence-corrected chi connectivity index (χ4v) is 2.79. The lowest BCUT2D eigenvalue weighted by atomic mass is 9.93. The summed E-state index contributed by atoms with van der Waals surface area (Å²) in [6, 6.07) is -0.642. The van der Waals surface area contributed by atoms with Crippen LogP contribution in [0.1, 0.15) is 46.5 Å². The third-order valence-corrected chi connectivity index (χ3v) is 4.38. The number of nitrogens with zero attached hydrogens (tertiary/aromatic N) is 2. The molecule has 0 aliphatic carbocycles. The maximum absolute atomic E-state index is 12.7. The Morgan fingerprint density at radius 1 is 1.24 bits per heavy atom. The molecule has 21 heavy (non-hydrogen) atoms. The molecule has 0 aromatic rings. The molecule has 1 saturated heterocycles. The van der Waals surface area contributed by atoms with E-state index in [1.165, 1.54) is 0 Å². The van der Waals surface area contributed by atoms with Crippen LogP contribution >= 0.6 is 0 Å². The average molecular weight is 297 g/mol. The summed E-state index contributed by atoms with van der Waals surface area (Å²) in [5.74, 6) is 0.291. The minimum atomic E-state index is -0.348. The van der Waals surface area contributed by atoms with Crippen LogP contribution < -0.4 is 5.32 Å². The first-order valence-electron chi connectivity index (χ1n) is 8.17. The van der Waals surface area contributed by atoms with Crippen LogP contribution in [0.5, 0.6) is 0 Å². The summed E-state index contributed by atoms with van der Waals surface area (Å²) in [6.07, 6.45) is 3.56. The zero-order valence-corrected chi connectivity index (χ0v) is 14.2. The average Bonchev–Trinajstić information content (AvgIpc) is 2.45. The van der Waals surface area contributed by atoms with Gasteiger partial charge in [0, 0.05) is 6.54 Å². The summed E-state index contributed by atoms with van der Waals surface area (Å²) in [5, 5.41) is 2.92. The van der Waals surface area contributed by atoms with Gasteiger partial charge in [-0.05, 0) is 45.8 Å². The molecule has 0 bridgehead atoms. The molecule has 1 fully saturated rings. The first-order valence-corrected chi connectivity index (χ1v) is 8.17. The lowest BCUT2D eigenvalue weighted by Crippen LogP contribution is -2.64. The molecule has 1 aliphatic heterocycles. The molecule has 1 heterocycles. The second kappa shape index (κ2) is 8.37. The summed E-state index contributed by atoms with van der Waals surface area (Å²) in [5.41, 5.74) is 0. The van der Waals surface area contributed by atoms with Crippen molar-refractivity contribution in [1.82, 2.24) is 15.1 Å². The van der Waals surface area contributed by atoms with E-state index < -0.39 is 0 Å². The highest BCUT2D eigenvalue weighted by molar-refractivity contribution is 5.97. The number of nitrogens with one attached hydrogen (secondary N) is 1. The Labute approximate surface area is 129 Å². The highest BCUT2D eigenvalue weighted by atomic mass is 16.2. The van der Waals surface area contributed by atoms with Crippen molar-refractivity contribution < 1.29 is 9.59 Å². The first-order chi connectivity index (χ1) is 9.92. The van der Waals surface area contributed by atoms with Crippen molar-refractivity contribution in [2.24, 2.45) is 5.92 Å². The Balaban J connectivity index is 2.69. The third-order valence-electron chi connectivity index (χ3n) is 4.38. The lowest BCUT2D eigenvalue weighted by molar-refractivity contribution is -0.151. The van der Waals surface area contributed by atoms with Crippen molar-refractivity contribution in [3.63, 3.8) is 0 Å². The molecule has 0 radical (unpaired) electrons. The SMILES string of the molecule is CCC(C)C1NC(=O)C(CC)N(CCCCN(C)C)C1=O. The van der Waals surface area contributed by atoms with Gasteiger partial charge in [0.05, 0.1) is 0 Å². The third kappa shape index (κ3) is 4.70. The zero-order chi connectivity index (χ0) is 16.0. The summed E-state index contributed by atoms with van der Waals surface area (Å²) >= 11 is 0. The molecule has 1 aliphatic rings. The van der Waals surface area contributed by atoms with Crippen LogP contribution in [0.4, 0.5) is 0 Å². The van der Waals surface area contributed by atoms with E-state index in [1.54, 1.807) is 0 Å². The molecule has 3 atom stereocenters. The Kier molecular flexibility index (Phi) is 7.15. The predicted octanol–water partition coefficient (Wildman–Crippen LogP) is 1.48. The summed E-state index contributed by atoms with van der Waals surface area (Å²) in [4.78, 5) is 28.9. The van der Waals surface area contributed by atoms with E-state index in [0.717, 1.165) is 25.8 Å². The molecule has 122 valence electrons. The Morgan fingerprint density at radius 3 is 2.43 bits per heavy atom. The van der Waals surface area contributed by atoms with Crippen LogP contribution in [0.2, 0.25) is 0 Å². The van der Waals surface area contributed by atoms with Crippen molar-refractivity contribution in [2.45, 2.75) is 58.5 Å². The molecule has 0 saturated carbocycles. The zero-order valence-electron chi connectivity index (χ0n) is 14.2. The molecular weight excluding hydrogens is 266 g/mol. The molecule has 1 N–H and O–H groups in total. The molecule has 0 spiro atoms. The van der Waals surface area contributed by atoms with E-state index in [9.17, 15) is 9.59 Å². The van der Waals surface area contributed by atoms with E-state index in [1.807, 2.05) is 32.8 Å². The first kappa shape index (κ1) is 18.0.